The van der Waals surface area contributed by atoms with Crippen molar-refractivity contribution in [2.24, 2.45) is 7.05 Å². The fourth-order valence-electron chi connectivity index (χ4n) is 0.759. The third-order valence-corrected chi connectivity index (χ3v) is 2.52. The van der Waals surface area contributed by atoms with E-state index >= 15 is 0 Å². The Balaban J connectivity index is 0.00000225. The van der Waals surface area contributed by atoms with Crippen molar-refractivity contribution in [3.05, 3.63) is 20.7 Å². The van der Waals surface area contributed by atoms with Crippen molar-refractivity contribution < 1.29 is 64.3 Å². The van der Waals surface area contributed by atoms with Crippen molar-refractivity contribution >= 4 is 18.7 Å². The Bertz CT molecular complexity index is 473. The van der Waals surface area contributed by atoms with E-state index < -0.39 is 23.7 Å². The molecule has 0 amide bonds. The molecule has 1 aromatic heterocycles. The zero-order valence-electron chi connectivity index (χ0n) is 8.54. The summed E-state index contributed by atoms with van der Waals surface area (Å²) in [6.45, 7) is -4.95. The summed E-state index contributed by atoms with van der Waals surface area (Å²) in [7, 11) is 1.31. The summed E-state index contributed by atoms with van der Waals surface area (Å²) in [5.41, 5.74) is -3.16. The molecule has 11 heteroatoms. The predicted molar refractivity (Wildman–Crippen MR) is 49.9 cm³/mol. The molecular formula is C5H6BF3KN3O2S. The SMILES string of the molecule is Cn1[nH]c(=O)c(=O)nc1SC[B-](F)(F)F.[K+]. The minimum Gasteiger partial charge on any atom is -0.448 e. The zero-order chi connectivity index (χ0) is 11.6. The molecule has 1 N–H and O–H groups in total. The molecule has 0 aliphatic rings. The molecule has 0 spiro atoms. The van der Waals surface area contributed by atoms with Gasteiger partial charge in [0.25, 0.3) is 0 Å². The van der Waals surface area contributed by atoms with Gasteiger partial charge < -0.3 is 12.9 Å². The van der Waals surface area contributed by atoms with E-state index in [2.05, 4.69) is 4.98 Å². The third kappa shape index (κ3) is 5.19. The van der Waals surface area contributed by atoms with Gasteiger partial charge in [-0.05, 0) is 5.65 Å². The summed E-state index contributed by atoms with van der Waals surface area (Å²) in [5, 5.41) is 1.88. The topological polar surface area (TPSA) is 67.8 Å². The fraction of sp³-hybridized carbons (Fsp3) is 0.400. The van der Waals surface area contributed by atoms with Crippen LogP contribution in [0.5, 0.6) is 0 Å². The Morgan fingerprint density at radius 1 is 1.44 bits per heavy atom. The maximum Gasteiger partial charge on any atom is 1.00 e. The van der Waals surface area contributed by atoms with E-state index in [1.807, 2.05) is 5.10 Å². The molecule has 1 heterocycles. The number of thioether (sulfide) groups is 1. The molecule has 0 fully saturated rings. The summed E-state index contributed by atoms with van der Waals surface area (Å²) in [4.78, 5) is 24.7. The molecule has 0 saturated carbocycles. The molecule has 0 saturated heterocycles. The van der Waals surface area contributed by atoms with E-state index in [0.717, 1.165) is 4.68 Å². The molecule has 0 bridgehead atoms. The molecular weight excluding hydrogens is 273 g/mol. The molecule has 0 radical (unpaired) electrons. The molecule has 16 heavy (non-hydrogen) atoms. The second-order valence-electron chi connectivity index (χ2n) is 2.72. The average Bonchev–Trinajstić information content (AvgIpc) is 2.07. The van der Waals surface area contributed by atoms with Crippen LogP contribution in [0.25, 0.3) is 0 Å². The van der Waals surface area contributed by atoms with Crippen LogP contribution in [-0.2, 0) is 7.05 Å². The van der Waals surface area contributed by atoms with E-state index in [1.54, 1.807) is 0 Å². The van der Waals surface area contributed by atoms with Crippen LogP contribution in [0.3, 0.4) is 0 Å². The van der Waals surface area contributed by atoms with Crippen LogP contribution in [0, 0.1) is 0 Å². The number of nitrogens with one attached hydrogen (secondary N) is 1. The first-order valence-corrected chi connectivity index (χ1v) is 4.79. The zero-order valence-corrected chi connectivity index (χ0v) is 12.5. The maximum atomic E-state index is 11.9. The van der Waals surface area contributed by atoms with Crippen LogP contribution in [0.15, 0.2) is 14.7 Å². The number of halogens is 3. The summed E-state index contributed by atoms with van der Waals surface area (Å²) in [5.74, 6) is 0. The van der Waals surface area contributed by atoms with E-state index in [1.165, 1.54) is 7.05 Å². The number of hydrogen-bond donors (Lipinski definition) is 1. The summed E-state index contributed by atoms with van der Waals surface area (Å²) in [6, 6.07) is 0. The van der Waals surface area contributed by atoms with Crippen molar-refractivity contribution in [2.45, 2.75) is 5.16 Å². The van der Waals surface area contributed by atoms with Crippen molar-refractivity contribution in [2.75, 3.05) is 5.65 Å². The molecule has 1 aromatic rings. The monoisotopic (exact) mass is 279 g/mol. The van der Waals surface area contributed by atoms with Crippen LogP contribution in [0.1, 0.15) is 0 Å². The smallest absolute Gasteiger partial charge is 0.448 e. The molecule has 0 atom stereocenters. The molecule has 0 aliphatic carbocycles. The van der Waals surface area contributed by atoms with E-state index in [4.69, 9.17) is 0 Å². The largest absolute Gasteiger partial charge is 1.00 e. The summed E-state index contributed by atoms with van der Waals surface area (Å²) in [6.07, 6.45) is 0. The minimum absolute atomic E-state index is 0. The Kier molecular flexibility index (Phi) is 6.58. The van der Waals surface area contributed by atoms with Crippen LogP contribution in [-0.4, -0.2) is 27.4 Å². The first kappa shape index (κ1) is 16.5. The maximum absolute atomic E-state index is 11.9. The van der Waals surface area contributed by atoms with E-state index in [-0.39, 0.29) is 56.5 Å². The van der Waals surface area contributed by atoms with Gasteiger partial charge in [0.15, 0.2) is 5.16 Å². The van der Waals surface area contributed by atoms with Gasteiger partial charge in [-0.3, -0.25) is 19.4 Å². The van der Waals surface area contributed by atoms with Gasteiger partial charge in [-0.1, -0.05) is 0 Å². The number of rotatable bonds is 3. The normalized spacial score (nSPS) is 11.0. The standard InChI is InChI=1S/C5H6BF3N3O2S.K/c1-12-5(15-2-6(7,8)9)10-3(13)4(14)11-12;/h2H2,1H3,(H,11,14);/q-1;+1. The number of aryl methyl sites for hydroxylation is 1. The van der Waals surface area contributed by atoms with Crippen molar-refractivity contribution in [1.29, 1.82) is 0 Å². The van der Waals surface area contributed by atoms with Crippen LogP contribution in [0.2, 0.25) is 0 Å². The van der Waals surface area contributed by atoms with Gasteiger partial charge in [-0.15, -0.1) is 11.8 Å². The van der Waals surface area contributed by atoms with Gasteiger partial charge >= 0.3 is 69.5 Å². The van der Waals surface area contributed by atoms with Crippen molar-refractivity contribution in [3.8, 4) is 0 Å². The summed E-state index contributed by atoms with van der Waals surface area (Å²) < 4.78 is 36.7. The van der Waals surface area contributed by atoms with Gasteiger partial charge in [0.05, 0.1) is 0 Å². The first-order valence-electron chi connectivity index (χ1n) is 3.81. The van der Waals surface area contributed by atoms with E-state index in [0.29, 0.717) is 11.8 Å². The number of H-pyrrole nitrogens is 1. The van der Waals surface area contributed by atoms with Crippen LogP contribution >= 0.6 is 11.8 Å². The predicted octanol–water partition coefficient (Wildman–Crippen LogP) is -3.05. The van der Waals surface area contributed by atoms with E-state index in [9.17, 15) is 22.5 Å². The summed E-state index contributed by atoms with van der Waals surface area (Å²) >= 11 is 0.361. The minimum atomic E-state index is -4.95. The van der Waals surface area contributed by atoms with Gasteiger partial charge in [0, 0.05) is 7.05 Å². The average molecular weight is 279 g/mol. The molecule has 0 aliphatic heterocycles. The van der Waals surface area contributed by atoms with Gasteiger partial charge in [0.2, 0.25) is 0 Å². The second kappa shape index (κ2) is 6.40. The van der Waals surface area contributed by atoms with Crippen LogP contribution < -0.4 is 62.5 Å². The second-order valence-corrected chi connectivity index (χ2v) is 3.71. The van der Waals surface area contributed by atoms with Crippen molar-refractivity contribution in [1.82, 2.24) is 14.8 Å². The number of nitrogens with zero attached hydrogens (tertiary/aromatic N) is 2. The Labute approximate surface area is 135 Å². The molecule has 84 valence electrons. The van der Waals surface area contributed by atoms with Gasteiger partial charge in [0.1, 0.15) is 0 Å². The molecule has 1 rings (SSSR count). The van der Waals surface area contributed by atoms with Gasteiger partial charge in [-0.2, -0.15) is 4.98 Å². The number of aromatic amines is 1. The number of hydrogen-bond acceptors (Lipinski definition) is 4. The number of aromatic nitrogens is 3. The fourth-order valence-corrected chi connectivity index (χ4v) is 1.48. The van der Waals surface area contributed by atoms with Crippen molar-refractivity contribution in [3.63, 3.8) is 0 Å². The van der Waals surface area contributed by atoms with Crippen LogP contribution in [0.4, 0.5) is 12.9 Å². The third-order valence-electron chi connectivity index (χ3n) is 1.35. The Morgan fingerprint density at radius 3 is 2.50 bits per heavy atom. The Morgan fingerprint density at radius 2 is 2.00 bits per heavy atom. The molecule has 0 aromatic carbocycles. The molecule has 5 nitrogen and oxygen atoms in total. The Hall–Kier alpha value is 0.451. The first-order chi connectivity index (χ1) is 6.79. The molecule has 0 unspecified atom stereocenters. The quantitative estimate of drug-likeness (QED) is 0.363. The van der Waals surface area contributed by atoms with Gasteiger partial charge in [-0.25, -0.2) is 0 Å².